The van der Waals surface area contributed by atoms with Gasteiger partial charge in [-0.3, -0.25) is 18.9 Å². The number of likely N-dealkylation sites (N-methyl/N-ethyl adjacent to an activating group) is 1. The number of hydrogen-bond donors (Lipinski definition) is 4. The third-order valence-corrected chi connectivity index (χ3v) is 7.04. The molecule has 0 spiro atoms. The number of benzene rings is 3. The Morgan fingerprint density at radius 3 is 2.06 bits per heavy atom. The maximum Gasteiger partial charge on any atom is 0.269 e. The van der Waals surface area contributed by atoms with Crippen LogP contribution in [0.4, 0.5) is 26.0 Å². The van der Waals surface area contributed by atoms with Crippen molar-refractivity contribution in [3.63, 3.8) is 0 Å². The van der Waals surface area contributed by atoms with Crippen molar-refractivity contribution in [1.29, 1.82) is 0 Å². The van der Waals surface area contributed by atoms with Crippen LogP contribution >= 0.6 is 0 Å². The highest BCUT2D eigenvalue weighted by Crippen LogP contribution is 2.36. The number of hydrogen-bond acceptors (Lipinski definition) is 12. The van der Waals surface area contributed by atoms with Crippen LogP contribution < -0.4 is 16.4 Å². The number of anilines is 3. The normalized spacial score (nSPS) is 11.6. The van der Waals surface area contributed by atoms with E-state index in [0.29, 0.717) is 41.4 Å². The molecule has 6 aromatic rings. The molecule has 0 atom stereocenters. The molecule has 52 heavy (non-hydrogen) atoms. The maximum atomic E-state index is 16.4. The van der Waals surface area contributed by atoms with Gasteiger partial charge in [-0.25, -0.2) is 13.5 Å². The third-order valence-electron chi connectivity index (χ3n) is 7.04. The van der Waals surface area contributed by atoms with Crippen molar-refractivity contribution in [1.82, 2.24) is 24.8 Å². The molecule has 0 saturated heterocycles. The van der Waals surface area contributed by atoms with E-state index in [1.165, 1.54) is 22.9 Å². The van der Waals surface area contributed by atoms with Crippen LogP contribution in [0, 0.1) is 11.6 Å². The Hall–Kier alpha value is -5.54. The van der Waals surface area contributed by atoms with Gasteiger partial charge < -0.3 is 25.8 Å². The summed E-state index contributed by atoms with van der Waals surface area (Å²) in [6.07, 6.45) is 4.78. The van der Waals surface area contributed by atoms with Gasteiger partial charge in [-0.05, 0) is 68.7 Å². The number of aromatic nitrogens is 4. The van der Waals surface area contributed by atoms with Gasteiger partial charge >= 0.3 is 0 Å². The van der Waals surface area contributed by atoms with E-state index in [0.717, 1.165) is 12.2 Å². The molecule has 0 fully saturated rings. The molecule has 1 amide bonds. The lowest BCUT2D eigenvalue weighted by atomic mass is 10.0. The molecule has 0 radical (unpaired) electrons. The Labute approximate surface area is 296 Å². The van der Waals surface area contributed by atoms with E-state index >= 15 is 8.78 Å². The van der Waals surface area contributed by atoms with Gasteiger partial charge in [-0.2, -0.15) is 21.9 Å². The van der Waals surface area contributed by atoms with Crippen molar-refractivity contribution in [3.8, 4) is 16.8 Å². The number of carbonyl (C=O) groups is 1. The monoisotopic (exact) mass is 760 g/mol. The summed E-state index contributed by atoms with van der Waals surface area (Å²) in [6, 6.07) is 16.1. The van der Waals surface area contributed by atoms with E-state index in [-0.39, 0.29) is 33.5 Å². The van der Waals surface area contributed by atoms with Gasteiger partial charge in [-0.1, -0.05) is 11.2 Å². The van der Waals surface area contributed by atoms with Crippen LogP contribution in [0.25, 0.3) is 38.7 Å². The number of nitrogen functional groups attached to an aromatic ring is 1. The maximum absolute atomic E-state index is 16.4. The molecule has 3 heterocycles. The van der Waals surface area contributed by atoms with Crippen LogP contribution in [0.1, 0.15) is 10.5 Å². The average Bonchev–Trinajstić information content (AvgIpc) is 3.62. The topological polar surface area (TPSA) is 241 Å². The molecule has 0 unspecified atom stereocenters. The van der Waals surface area contributed by atoms with Crippen LogP contribution in [0.15, 0.2) is 77.6 Å². The quantitative estimate of drug-likeness (QED) is 0.161. The number of nitrogens with two attached hydrogens (primary N) is 2. The fourth-order valence-corrected chi connectivity index (χ4v) is 4.94. The molecule has 16 nitrogen and oxygen atoms in total. The first-order valence-electron chi connectivity index (χ1n) is 14.9. The SMILES string of the molecule is CN(C)CCN(c1ccncc1)c1ccc(-c2ccc3c(C(N)=O)nn(-c4ccc5onc(N)c5c4)c3c2F)c(F)c1.CS(=O)(=O)O.CS(=O)(=O)O. The van der Waals surface area contributed by atoms with Gasteiger partial charge in [0.25, 0.3) is 26.1 Å². The molecule has 3 aromatic carbocycles. The van der Waals surface area contributed by atoms with Gasteiger partial charge in [0.05, 0.1) is 23.6 Å². The molecule has 0 bridgehead atoms. The summed E-state index contributed by atoms with van der Waals surface area (Å²) in [7, 11) is -3.42. The number of primary amides is 1. The largest absolute Gasteiger partial charge is 0.380 e. The predicted molar refractivity (Wildman–Crippen MR) is 192 cm³/mol. The van der Waals surface area contributed by atoms with Crippen LogP contribution in [0.2, 0.25) is 0 Å². The first kappa shape index (κ1) is 39.2. The molecule has 6 N–H and O–H groups in total. The Bertz CT molecular complexity index is 2410. The van der Waals surface area contributed by atoms with Gasteiger partial charge in [0.2, 0.25) is 0 Å². The van der Waals surface area contributed by atoms with Crippen LogP contribution in [-0.4, -0.2) is 96.4 Å². The smallest absolute Gasteiger partial charge is 0.269 e. The van der Waals surface area contributed by atoms with E-state index in [9.17, 15) is 21.6 Å². The Balaban J connectivity index is 0.000000536. The molecule has 6 rings (SSSR count). The zero-order chi connectivity index (χ0) is 38.5. The second-order valence-electron chi connectivity index (χ2n) is 11.5. The summed E-state index contributed by atoms with van der Waals surface area (Å²) in [4.78, 5) is 20.3. The fourth-order valence-electron chi connectivity index (χ4n) is 4.94. The van der Waals surface area contributed by atoms with Crippen molar-refractivity contribution in [2.45, 2.75) is 0 Å². The van der Waals surface area contributed by atoms with Crippen LogP contribution in [0.5, 0.6) is 0 Å². The molecule has 0 saturated carbocycles. The number of rotatable bonds is 8. The first-order chi connectivity index (χ1) is 24.2. The number of pyridine rings is 1. The van der Waals surface area contributed by atoms with Crippen molar-refractivity contribution in [2.75, 3.05) is 50.3 Å². The highest BCUT2D eigenvalue weighted by molar-refractivity contribution is 7.85. The summed E-state index contributed by atoms with van der Waals surface area (Å²) < 4.78 is 90.3. The van der Waals surface area contributed by atoms with E-state index in [1.54, 1.807) is 42.7 Å². The summed E-state index contributed by atoms with van der Waals surface area (Å²) in [5.74, 6) is -2.07. The predicted octanol–water partition coefficient (Wildman–Crippen LogP) is 3.90. The lowest BCUT2D eigenvalue weighted by molar-refractivity contribution is 0.0996. The van der Waals surface area contributed by atoms with Crippen molar-refractivity contribution >= 4 is 65.2 Å². The van der Waals surface area contributed by atoms with Crippen molar-refractivity contribution in [3.05, 3.63) is 90.4 Å². The Kier molecular flexibility index (Phi) is 11.9. The molecule has 0 aliphatic heterocycles. The third kappa shape index (κ3) is 10.0. The average molecular weight is 761 g/mol. The highest BCUT2D eigenvalue weighted by Gasteiger charge is 2.24. The standard InChI is InChI=1S/C30H26F2N8O2.2CH4O3S/c1-38(2)13-14-39(17-9-11-35-12-10-17)18-3-5-20(24(31)16-18)21-6-7-22-27(30(34)41)36-40(28(22)26(21)32)19-4-8-25-23(15-19)29(33)37-42-25;2*1-5(2,3)4/h3-12,15-16H,13-14H2,1-2H3,(H2,33,37)(H2,34,41);2*1H3,(H,2,3,4). The minimum Gasteiger partial charge on any atom is -0.380 e. The molecule has 20 heteroatoms. The van der Waals surface area contributed by atoms with Crippen molar-refractivity contribution < 1.29 is 44.0 Å². The second-order valence-corrected chi connectivity index (χ2v) is 14.4. The molecular formula is C32H34F2N8O8S2. The van der Waals surface area contributed by atoms with E-state index < -0.39 is 37.8 Å². The van der Waals surface area contributed by atoms with Gasteiger partial charge in [0, 0.05) is 53.4 Å². The molecule has 0 aliphatic rings. The number of nitrogens with zero attached hydrogens (tertiary/aromatic N) is 6. The number of amides is 1. The zero-order valence-corrected chi connectivity index (χ0v) is 29.7. The van der Waals surface area contributed by atoms with E-state index in [4.69, 9.17) is 25.1 Å². The number of halogens is 2. The first-order valence-corrected chi connectivity index (χ1v) is 18.6. The summed E-state index contributed by atoms with van der Waals surface area (Å²) in [5.41, 5.74) is 13.6. The lowest BCUT2D eigenvalue weighted by Crippen LogP contribution is -2.28. The molecule has 276 valence electrons. The number of fused-ring (bicyclic) bond motifs is 2. The lowest BCUT2D eigenvalue weighted by Gasteiger charge is -2.27. The summed E-state index contributed by atoms with van der Waals surface area (Å²) >= 11 is 0. The minimum atomic E-state index is -3.67. The van der Waals surface area contributed by atoms with Crippen molar-refractivity contribution in [2.24, 2.45) is 5.73 Å². The van der Waals surface area contributed by atoms with Gasteiger partial charge in [0.1, 0.15) is 11.3 Å². The second kappa shape index (κ2) is 15.8. The Morgan fingerprint density at radius 1 is 0.865 bits per heavy atom. The molecule has 3 aromatic heterocycles. The summed E-state index contributed by atoms with van der Waals surface area (Å²) in [6.45, 7) is 1.31. The Morgan fingerprint density at radius 2 is 1.48 bits per heavy atom. The van der Waals surface area contributed by atoms with Crippen LogP contribution in [-0.2, 0) is 20.2 Å². The summed E-state index contributed by atoms with van der Waals surface area (Å²) in [5, 5.41) is 8.72. The zero-order valence-electron chi connectivity index (χ0n) is 28.1. The fraction of sp³-hybridized carbons (Fsp3) is 0.188. The minimum absolute atomic E-state index is 0.00181. The van der Waals surface area contributed by atoms with E-state index in [2.05, 4.69) is 15.2 Å². The molecular weight excluding hydrogens is 727 g/mol. The van der Waals surface area contributed by atoms with Crippen LogP contribution in [0.3, 0.4) is 0 Å². The highest BCUT2D eigenvalue weighted by atomic mass is 32.2. The number of carbonyl (C=O) groups excluding carboxylic acids is 1. The van der Waals surface area contributed by atoms with Gasteiger partial charge in [-0.15, -0.1) is 0 Å². The van der Waals surface area contributed by atoms with E-state index in [1.807, 2.05) is 36.0 Å². The van der Waals surface area contributed by atoms with Gasteiger partial charge in [0.15, 0.2) is 22.9 Å². The molecule has 0 aliphatic carbocycles.